The molecule has 0 aliphatic carbocycles. The molecule has 158 valence electrons. The van der Waals surface area contributed by atoms with Gasteiger partial charge in [0.1, 0.15) is 13.1 Å². The molecule has 2 rings (SSSR count). The Labute approximate surface area is 193 Å². The minimum atomic E-state index is 0. The van der Waals surface area contributed by atoms with Gasteiger partial charge in [-0.05, 0) is 51.7 Å². The average Bonchev–Trinajstić information content (AvgIpc) is 2.62. The van der Waals surface area contributed by atoms with Crippen LogP contribution in [0.3, 0.4) is 0 Å². The van der Waals surface area contributed by atoms with E-state index in [2.05, 4.69) is 73.7 Å². The highest BCUT2D eigenvalue weighted by atomic mass is 79.9. The van der Waals surface area contributed by atoms with E-state index in [0.717, 1.165) is 13.1 Å². The number of aryl methyl sites for hydroxylation is 6. The summed E-state index contributed by atoms with van der Waals surface area (Å²) in [6.45, 7) is 11.1. The summed E-state index contributed by atoms with van der Waals surface area (Å²) >= 11 is 0. The highest BCUT2D eigenvalue weighted by Gasteiger charge is 2.04. The van der Waals surface area contributed by atoms with Gasteiger partial charge in [-0.1, -0.05) is 25.7 Å². The highest BCUT2D eigenvalue weighted by molar-refractivity contribution is 5.17. The first-order valence-electron chi connectivity index (χ1n) is 10.5. The molecule has 0 atom stereocenters. The van der Waals surface area contributed by atoms with Crippen LogP contribution in [-0.2, 0) is 13.1 Å². The van der Waals surface area contributed by atoms with Gasteiger partial charge in [0.05, 0.1) is 0 Å². The first kappa shape index (κ1) is 27.3. The standard InChI is InChI=1S/C24H38N2.2BrH/c1-21-13-17-25(19-23(21)3)15-11-9-7-5-6-8-10-12-16-26-18-14-22(2)24(4)20-26;;/h13-14,17-20H,5-12,15-16H2,1-4H3;2*1H/q+2;;/p-2. The molecule has 0 amide bonds. The third-order valence-electron chi connectivity index (χ3n) is 5.58. The second kappa shape index (κ2) is 15.1. The van der Waals surface area contributed by atoms with Crippen molar-refractivity contribution in [3.8, 4) is 0 Å². The number of pyridine rings is 2. The van der Waals surface area contributed by atoms with Gasteiger partial charge in [-0.2, -0.15) is 0 Å². The van der Waals surface area contributed by atoms with E-state index >= 15 is 0 Å². The minimum absolute atomic E-state index is 0. The zero-order valence-corrected chi connectivity index (χ0v) is 21.4. The van der Waals surface area contributed by atoms with Crippen molar-refractivity contribution in [3.63, 3.8) is 0 Å². The summed E-state index contributed by atoms with van der Waals surface area (Å²) in [5.41, 5.74) is 5.56. The van der Waals surface area contributed by atoms with Crippen LogP contribution in [0.4, 0.5) is 0 Å². The van der Waals surface area contributed by atoms with E-state index in [0.29, 0.717) is 0 Å². The summed E-state index contributed by atoms with van der Waals surface area (Å²) < 4.78 is 4.68. The predicted molar refractivity (Wildman–Crippen MR) is 109 cm³/mol. The lowest BCUT2D eigenvalue weighted by atomic mass is 10.1. The number of hydrogen-bond donors (Lipinski definition) is 0. The Morgan fingerprint density at radius 1 is 0.500 bits per heavy atom. The Bertz CT molecular complexity index is 627. The number of rotatable bonds is 11. The molecule has 0 saturated heterocycles. The molecular formula is C24H38Br2N2. The van der Waals surface area contributed by atoms with Crippen LogP contribution in [0.1, 0.15) is 73.6 Å². The molecule has 0 N–H and O–H groups in total. The number of halogens is 2. The van der Waals surface area contributed by atoms with E-state index in [9.17, 15) is 0 Å². The van der Waals surface area contributed by atoms with E-state index < -0.39 is 0 Å². The summed E-state index contributed by atoms with van der Waals surface area (Å²) in [5.74, 6) is 0. The van der Waals surface area contributed by atoms with E-state index in [-0.39, 0.29) is 34.0 Å². The van der Waals surface area contributed by atoms with E-state index in [1.165, 1.54) is 73.6 Å². The lowest BCUT2D eigenvalue weighted by molar-refractivity contribution is -0.697. The summed E-state index contributed by atoms with van der Waals surface area (Å²) in [6.07, 6.45) is 19.9. The number of unbranched alkanes of at least 4 members (excludes halogenated alkanes) is 7. The minimum Gasteiger partial charge on any atom is -1.00 e. The van der Waals surface area contributed by atoms with Gasteiger partial charge in [0, 0.05) is 36.1 Å². The van der Waals surface area contributed by atoms with Gasteiger partial charge in [-0.15, -0.1) is 0 Å². The summed E-state index contributed by atoms with van der Waals surface area (Å²) in [4.78, 5) is 0. The van der Waals surface area contributed by atoms with Gasteiger partial charge in [0.25, 0.3) is 0 Å². The molecule has 0 bridgehead atoms. The van der Waals surface area contributed by atoms with Crippen molar-refractivity contribution < 1.29 is 43.1 Å². The van der Waals surface area contributed by atoms with Gasteiger partial charge in [-0.25, -0.2) is 9.13 Å². The Morgan fingerprint density at radius 2 is 0.821 bits per heavy atom. The monoisotopic (exact) mass is 512 g/mol. The fourth-order valence-electron chi connectivity index (χ4n) is 3.39. The summed E-state index contributed by atoms with van der Waals surface area (Å²) in [5, 5.41) is 0. The molecule has 0 aliphatic heterocycles. The first-order chi connectivity index (χ1) is 12.6. The lowest BCUT2D eigenvalue weighted by Gasteiger charge is -2.03. The SMILES string of the molecule is Cc1cc[n+](CCCCCCCCCC[n+]2ccc(C)c(C)c2)cc1C.[Br-].[Br-]. The van der Waals surface area contributed by atoms with Crippen molar-refractivity contribution in [1.29, 1.82) is 0 Å². The highest BCUT2D eigenvalue weighted by Crippen LogP contribution is 2.09. The van der Waals surface area contributed by atoms with Gasteiger partial charge in [-0.3, -0.25) is 0 Å². The molecule has 0 radical (unpaired) electrons. The van der Waals surface area contributed by atoms with Crippen LogP contribution in [0.25, 0.3) is 0 Å². The number of nitrogens with zero attached hydrogens (tertiary/aromatic N) is 2. The predicted octanol–water partition coefficient (Wildman–Crippen LogP) is -0.676. The smallest absolute Gasteiger partial charge is 0.171 e. The van der Waals surface area contributed by atoms with Crippen LogP contribution >= 0.6 is 0 Å². The van der Waals surface area contributed by atoms with E-state index in [1.807, 2.05) is 0 Å². The zero-order chi connectivity index (χ0) is 18.8. The fourth-order valence-corrected chi connectivity index (χ4v) is 3.39. The largest absolute Gasteiger partial charge is 1.00 e. The molecule has 0 aliphatic rings. The van der Waals surface area contributed by atoms with Gasteiger partial charge >= 0.3 is 0 Å². The molecular weight excluding hydrogens is 476 g/mol. The molecule has 0 unspecified atom stereocenters. The molecule has 0 spiro atoms. The second-order valence-corrected chi connectivity index (χ2v) is 7.93. The van der Waals surface area contributed by atoms with Crippen LogP contribution in [0.2, 0.25) is 0 Å². The lowest BCUT2D eigenvalue weighted by Crippen LogP contribution is -3.00. The molecule has 2 heterocycles. The van der Waals surface area contributed by atoms with Crippen LogP contribution in [-0.4, -0.2) is 0 Å². The van der Waals surface area contributed by atoms with E-state index in [1.54, 1.807) is 0 Å². The quantitative estimate of drug-likeness (QED) is 0.278. The van der Waals surface area contributed by atoms with Crippen molar-refractivity contribution in [2.24, 2.45) is 0 Å². The first-order valence-corrected chi connectivity index (χ1v) is 10.5. The maximum absolute atomic E-state index is 2.34. The third kappa shape index (κ3) is 10.2. The van der Waals surface area contributed by atoms with Crippen molar-refractivity contribution in [1.82, 2.24) is 0 Å². The third-order valence-corrected chi connectivity index (χ3v) is 5.58. The van der Waals surface area contributed by atoms with Crippen molar-refractivity contribution in [3.05, 3.63) is 59.2 Å². The fraction of sp³-hybridized carbons (Fsp3) is 0.583. The van der Waals surface area contributed by atoms with Crippen LogP contribution in [0, 0.1) is 27.7 Å². The molecule has 0 aromatic carbocycles. The van der Waals surface area contributed by atoms with Crippen LogP contribution in [0.5, 0.6) is 0 Å². The molecule has 2 nitrogen and oxygen atoms in total. The molecule has 0 saturated carbocycles. The molecule has 2 aromatic heterocycles. The maximum Gasteiger partial charge on any atom is 0.171 e. The van der Waals surface area contributed by atoms with Gasteiger partial charge < -0.3 is 34.0 Å². The molecule has 2 aromatic rings. The zero-order valence-electron chi connectivity index (χ0n) is 18.2. The maximum atomic E-state index is 2.34. The van der Waals surface area contributed by atoms with Crippen molar-refractivity contribution >= 4 is 0 Å². The summed E-state index contributed by atoms with van der Waals surface area (Å²) in [6, 6.07) is 4.46. The van der Waals surface area contributed by atoms with E-state index in [4.69, 9.17) is 0 Å². The normalized spacial score (nSPS) is 10.3. The molecule has 4 heteroatoms. The van der Waals surface area contributed by atoms with Gasteiger partial charge in [0.15, 0.2) is 24.8 Å². The van der Waals surface area contributed by atoms with Crippen LogP contribution < -0.4 is 43.1 Å². The molecule has 28 heavy (non-hydrogen) atoms. The van der Waals surface area contributed by atoms with Crippen molar-refractivity contribution in [2.45, 2.75) is 92.2 Å². The number of aromatic nitrogens is 2. The molecule has 0 fully saturated rings. The Morgan fingerprint density at radius 3 is 1.14 bits per heavy atom. The topological polar surface area (TPSA) is 7.76 Å². The Kier molecular flexibility index (Phi) is 14.7. The average molecular weight is 514 g/mol. The Balaban J connectivity index is 0.00000364. The Hall–Kier alpha value is -0.740. The van der Waals surface area contributed by atoms with Crippen LogP contribution in [0.15, 0.2) is 36.9 Å². The second-order valence-electron chi connectivity index (χ2n) is 7.93. The number of hydrogen-bond acceptors (Lipinski definition) is 0. The summed E-state index contributed by atoms with van der Waals surface area (Å²) in [7, 11) is 0. The van der Waals surface area contributed by atoms with Gasteiger partial charge in [0.2, 0.25) is 0 Å². The van der Waals surface area contributed by atoms with Crippen molar-refractivity contribution in [2.75, 3.05) is 0 Å².